The van der Waals surface area contributed by atoms with Crippen LogP contribution in [0.4, 0.5) is 0 Å². The molecule has 2 unspecified atom stereocenters. The van der Waals surface area contributed by atoms with Crippen LogP contribution < -0.4 is 4.74 Å². The van der Waals surface area contributed by atoms with Crippen LogP contribution >= 0.6 is 0 Å². The maximum atomic E-state index is 10.6. The second-order valence-electron chi connectivity index (χ2n) is 5.31. The summed E-state index contributed by atoms with van der Waals surface area (Å²) in [6.07, 6.45) is 3.07. The summed E-state index contributed by atoms with van der Waals surface area (Å²) in [5, 5.41) is 14.9. The average molecular weight is 272 g/mol. The summed E-state index contributed by atoms with van der Waals surface area (Å²) in [5.74, 6) is 1.02. The van der Waals surface area contributed by atoms with Crippen LogP contribution in [-0.2, 0) is 13.0 Å². The first kappa shape index (κ1) is 13.2. The predicted octanol–water partition coefficient (Wildman–Crippen LogP) is 2.58. The molecule has 3 rings (SSSR count). The molecule has 0 spiro atoms. The van der Waals surface area contributed by atoms with Gasteiger partial charge in [-0.15, -0.1) is 0 Å². The van der Waals surface area contributed by atoms with E-state index in [9.17, 15) is 5.11 Å². The molecule has 106 valence electrons. The Kier molecular flexibility index (Phi) is 3.74. The van der Waals surface area contributed by atoms with Crippen molar-refractivity contribution in [3.63, 3.8) is 0 Å². The maximum Gasteiger partial charge on any atom is 0.122 e. The Labute approximate surface area is 119 Å². The predicted molar refractivity (Wildman–Crippen MR) is 76.6 cm³/mol. The van der Waals surface area contributed by atoms with E-state index in [0.29, 0.717) is 6.61 Å². The Bertz CT molecular complexity index is 579. The van der Waals surface area contributed by atoms with Gasteiger partial charge in [0.25, 0.3) is 0 Å². The normalized spacial score (nSPS) is 19.2. The van der Waals surface area contributed by atoms with Crippen molar-refractivity contribution in [3.05, 3.63) is 47.8 Å². The second kappa shape index (κ2) is 5.67. The van der Waals surface area contributed by atoms with Crippen molar-refractivity contribution in [2.24, 2.45) is 5.92 Å². The minimum absolute atomic E-state index is 0.0807. The van der Waals surface area contributed by atoms with Gasteiger partial charge in [0.1, 0.15) is 11.9 Å². The summed E-state index contributed by atoms with van der Waals surface area (Å²) < 4.78 is 7.66. The third-order valence-electron chi connectivity index (χ3n) is 3.84. The first-order chi connectivity index (χ1) is 9.79. The lowest BCUT2D eigenvalue weighted by Gasteiger charge is -2.29. The lowest BCUT2D eigenvalue weighted by molar-refractivity contribution is 0.0578. The maximum absolute atomic E-state index is 10.6. The van der Waals surface area contributed by atoms with Crippen LogP contribution in [0.2, 0.25) is 0 Å². The van der Waals surface area contributed by atoms with Gasteiger partial charge in [-0.25, -0.2) is 0 Å². The van der Waals surface area contributed by atoms with Crippen molar-refractivity contribution in [1.29, 1.82) is 0 Å². The molecule has 2 aromatic rings. The van der Waals surface area contributed by atoms with E-state index in [1.165, 1.54) is 5.56 Å². The Morgan fingerprint density at radius 2 is 2.25 bits per heavy atom. The monoisotopic (exact) mass is 272 g/mol. The Morgan fingerprint density at radius 3 is 3.10 bits per heavy atom. The summed E-state index contributed by atoms with van der Waals surface area (Å²) in [7, 11) is 0. The summed E-state index contributed by atoms with van der Waals surface area (Å²) in [6, 6.07) is 9.95. The van der Waals surface area contributed by atoms with Crippen molar-refractivity contribution in [2.75, 3.05) is 6.61 Å². The number of para-hydroxylation sites is 1. The standard InChI is InChI=1S/C16H20N2O2/c1-2-9-18-14(7-8-17-18)16(19)13-10-12-5-3-4-6-15(12)20-11-13/h3-8,13,16,19H,2,9-11H2,1H3. The first-order valence-corrected chi connectivity index (χ1v) is 7.20. The number of nitrogens with zero attached hydrogens (tertiary/aromatic N) is 2. The van der Waals surface area contributed by atoms with Crippen LogP contribution in [-0.4, -0.2) is 21.5 Å². The molecule has 4 heteroatoms. The SMILES string of the molecule is CCCn1nccc1C(O)C1COc2ccccc2C1. The molecule has 2 atom stereocenters. The molecule has 0 saturated carbocycles. The molecule has 0 aliphatic carbocycles. The Hall–Kier alpha value is -1.81. The third kappa shape index (κ3) is 2.43. The molecule has 1 aromatic heterocycles. The zero-order valence-corrected chi connectivity index (χ0v) is 11.7. The molecule has 1 aliphatic heterocycles. The molecule has 0 fully saturated rings. The number of aryl methyl sites for hydroxylation is 1. The quantitative estimate of drug-likeness (QED) is 0.930. The molecule has 2 heterocycles. The zero-order chi connectivity index (χ0) is 13.9. The van der Waals surface area contributed by atoms with Crippen molar-refractivity contribution in [2.45, 2.75) is 32.4 Å². The van der Waals surface area contributed by atoms with Gasteiger partial charge in [0.05, 0.1) is 12.3 Å². The first-order valence-electron chi connectivity index (χ1n) is 7.20. The van der Waals surface area contributed by atoms with Gasteiger partial charge in [0.2, 0.25) is 0 Å². The number of aliphatic hydroxyl groups excluding tert-OH is 1. The Morgan fingerprint density at radius 1 is 1.40 bits per heavy atom. The van der Waals surface area contributed by atoms with E-state index in [1.54, 1.807) is 6.20 Å². The van der Waals surface area contributed by atoms with Crippen molar-refractivity contribution in [1.82, 2.24) is 9.78 Å². The number of ether oxygens (including phenoxy) is 1. The molecule has 1 aliphatic rings. The third-order valence-corrected chi connectivity index (χ3v) is 3.84. The van der Waals surface area contributed by atoms with E-state index >= 15 is 0 Å². The molecule has 4 nitrogen and oxygen atoms in total. The fourth-order valence-electron chi connectivity index (χ4n) is 2.79. The molecule has 1 N–H and O–H groups in total. The summed E-state index contributed by atoms with van der Waals surface area (Å²) in [6.45, 7) is 3.50. The van der Waals surface area contributed by atoms with Crippen molar-refractivity contribution >= 4 is 0 Å². The van der Waals surface area contributed by atoms with E-state index in [2.05, 4.69) is 18.1 Å². The number of rotatable bonds is 4. The molecule has 1 aromatic carbocycles. The van der Waals surface area contributed by atoms with Crippen LogP contribution in [0.1, 0.15) is 30.7 Å². The number of aromatic nitrogens is 2. The number of benzene rings is 1. The molecule has 0 bridgehead atoms. The molecule has 20 heavy (non-hydrogen) atoms. The average Bonchev–Trinajstić information content (AvgIpc) is 2.94. The van der Waals surface area contributed by atoms with Gasteiger partial charge in [-0.1, -0.05) is 25.1 Å². The van der Waals surface area contributed by atoms with Crippen LogP contribution in [0, 0.1) is 5.92 Å². The highest BCUT2D eigenvalue weighted by Crippen LogP contribution is 2.33. The van der Waals surface area contributed by atoms with Crippen LogP contribution in [0.5, 0.6) is 5.75 Å². The van der Waals surface area contributed by atoms with Gasteiger partial charge in [-0.3, -0.25) is 4.68 Å². The van der Waals surface area contributed by atoms with Gasteiger partial charge < -0.3 is 9.84 Å². The van der Waals surface area contributed by atoms with Gasteiger partial charge in [0, 0.05) is 18.7 Å². The van der Waals surface area contributed by atoms with E-state index in [1.807, 2.05) is 28.9 Å². The van der Waals surface area contributed by atoms with E-state index in [0.717, 1.165) is 30.8 Å². The smallest absolute Gasteiger partial charge is 0.122 e. The minimum atomic E-state index is -0.530. The highest BCUT2D eigenvalue weighted by Gasteiger charge is 2.28. The largest absolute Gasteiger partial charge is 0.493 e. The van der Waals surface area contributed by atoms with E-state index in [4.69, 9.17) is 4.74 Å². The van der Waals surface area contributed by atoms with Gasteiger partial charge in [-0.05, 0) is 30.5 Å². The van der Waals surface area contributed by atoms with Crippen LogP contribution in [0.25, 0.3) is 0 Å². The summed E-state index contributed by atoms with van der Waals surface area (Å²) in [5.41, 5.74) is 2.06. The van der Waals surface area contributed by atoms with Crippen LogP contribution in [0.15, 0.2) is 36.5 Å². The van der Waals surface area contributed by atoms with E-state index < -0.39 is 6.10 Å². The molecular weight excluding hydrogens is 252 g/mol. The zero-order valence-electron chi connectivity index (χ0n) is 11.7. The number of hydrogen-bond acceptors (Lipinski definition) is 3. The van der Waals surface area contributed by atoms with Gasteiger partial charge in [0.15, 0.2) is 0 Å². The topological polar surface area (TPSA) is 47.3 Å². The van der Waals surface area contributed by atoms with Crippen molar-refractivity contribution < 1.29 is 9.84 Å². The number of aliphatic hydroxyl groups is 1. The lowest BCUT2D eigenvalue weighted by Crippen LogP contribution is -2.28. The highest BCUT2D eigenvalue weighted by atomic mass is 16.5. The molecule has 0 saturated heterocycles. The highest BCUT2D eigenvalue weighted by molar-refractivity contribution is 5.35. The minimum Gasteiger partial charge on any atom is -0.493 e. The lowest BCUT2D eigenvalue weighted by atomic mass is 9.90. The Balaban J connectivity index is 1.78. The van der Waals surface area contributed by atoms with Gasteiger partial charge >= 0.3 is 0 Å². The summed E-state index contributed by atoms with van der Waals surface area (Å²) in [4.78, 5) is 0. The van der Waals surface area contributed by atoms with Crippen molar-refractivity contribution in [3.8, 4) is 5.75 Å². The molecular formula is C16H20N2O2. The molecule has 0 amide bonds. The second-order valence-corrected chi connectivity index (χ2v) is 5.31. The van der Waals surface area contributed by atoms with Crippen LogP contribution in [0.3, 0.4) is 0 Å². The fraction of sp³-hybridized carbons (Fsp3) is 0.438. The van der Waals surface area contributed by atoms with Gasteiger partial charge in [-0.2, -0.15) is 5.10 Å². The molecule has 0 radical (unpaired) electrons. The van der Waals surface area contributed by atoms with E-state index in [-0.39, 0.29) is 5.92 Å². The number of fused-ring (bicyclic) bond motifs is 1. The summed E-state index contributed by atoms with van der Waals surface area (Å²) >= 11 is 0. The number of hydrogen-bond donors (Lipinski definition) is 1. The fourth-order valence-corrected chi connectivity index (χ4v) is 2.79.